The molecule has 6 heteroatoms. The molecule has 1 N–H and O–H groups in total. The van der Waals surface area contributed by atoms with Crippen molar-refractivity contribution in [3.05, 3.63) is 34.9 Å². The smallest absolute Gasteiger partial charge is 0.410 e. The molecule has 25 heavy (non-hydrogen) atoms. The van der Waals surface area contributed by atoms with E-state index >= 15 is 0 Å². The van der Waals surface area contributed by atoms with Gasteiger partial charge in [-0.1, -0.05) is 30.2 Å². The number of likely N-dealkylation sites (N-methyl/N-ethyl adjacent to an activating group) is 1. The molecular formula is C19H27ClN2O3. The summed E-state index contributed by atoms with van der Waals surface area (Å²) >= 11 is 5.96. The van der Waals surface area contributed by atoms with Gasteiger partial charge in [0.05, 0.1) is 0 Å². The van der Waals surface area contributed by atoms with Gasteiger partial charge in [0.2, 0.25) is 5.91 Å². The number of hydrogen-bond donors (Lipinski definition) is 1. The van der Waals surface area contributed by atoms with Gasteiger partial charge in [0.15, 0.2) is 0 Å². The van der Waals surface area contributed by atoms with Crippen LogP contribution in [0.5, 0.6) is 0 Å². The van der Waals surface area contributed by atoms with Gasteiger partial charge in [-0.25, -0.2) is 4.79 Å². The number of rotatable bonds is 5. The van der Waals surface area contributed by atoms with Gasteiger partial charge in [0.25, 0.3) is 0 Å². The number of nitrogens with one attached hydrogen (secondary N) is 1. The number of carbonyl (C=O) groups is 2. The predicted octanol–water partition coefficient (Wildman–Crippen LogP) is 3.74. The Hall–Kier alpha value is -1.75. The van der Waals surface area contributed by atoms with Crippen LogP contribution in [0.4, 0.5) is 4.79 Å². The molecule has 0 atom stereocenters. The van der Waals surface area contributed by atoms with E-state index < -0.39 is 11.7 Å². The molecule has 1 saturated carbocycles. The number of carbonyl (C=O) groups excluding carboxylic acids is 2. The monoisotopic (exact) mass is 366 g/mol. The van der Waals surface area contributed by atoms with E-state index in [0.717, 1.165) is 19.3 Å². The lowest BCUT2D eigenvalue weighted by molar-refractivity contribution is -0.122. The van der Waals surface area contributed by atoms with Crippen molar-refractivity contribution < 1.29 is 14.3 Å². The summed E-state index contributed by atoms with van der Waals surface area (Å²) in [5, 5.41) is 3.68. The van der Waals surface area contributed by atoms with E-state index in [1.54, 1.807) is 27.8 Å². The molecule has 0 aliphatic heterocycles. The largest absolute Gasteiger partial charge is 0.444 e. The minimum absolute atomic E-state index is 0.0222. The van der Waals surface area contributed by atoms with Crippen LogP contribution in [-0.4, -0.2) is 42.6 Å². The first kappa shape index (κ1) is 19.6. The van der Waals surface area contributed by atoms with E-state index in [9.17, 15) is 9.59 Å². The molecule has 0 aromatic heterocycles. The third kappa shape index (κ3) is 5.36. The Morgan fingerprint density at radius 2 is 1.84 bits per heavy atom. The van der Waals surface area contributed by atoms with E-state index in [1.807, 2.05) is 24.3 Å². The van der Waals surface area contributed by atoms with Crippen LogP contribution in [0.2, 0.25) is 5.02 Å². The number of benzene rings is 1. The zero-order chi connectivity index (χ0) is 18.7. The molecule has 2 rings (SSSR count). The molecule has 0 radical (unpaired) electrons. The van der Waals surface area contributed by atoms with Crippen LogP contribution in [0.3, 0.4) is 0 Å². The maximum absolute atomic E-state index is 12.2. The summed E-state index contributed by atoms with van der Waals surface area (Å²) in [6.07, 6.45) is 2.72. The average molecular weight is 367 g/mol. The van der Waals surface area contributed by atoms with Gasteiger partial charge < -0.3 is 15.0 Å². The minimum atomic E-state index is -0.577. The van der Waals surface area contributed by atoms with Crippen LogP contribution in [0.15, 0.2) is 24.3 Å². The van der Waals surface area contributed by atoms with Gasteiger partial charge in [-0.3, -0.25) is 4.79 Å². The van der Waals surface area contributed by atoms with Crippen molar-refractivity contribution in [3.8, 4) is 0 Å². The second kappa shape index (κ2) is 7.65. The number of amides is 2. The van der Waals surface area contributed by atoms with Crippen LogP contribution in [0, 0.1) is 0 Å². The van der Waals surface area contributed by atoms with Crippen molar-refractivity contribution in [3.63, 3.8) is 0 Å². The Balaban J connectivity index is 1.88. The van der Waals surface area contributed by atoms with Crippen LogP contribution < -0.4 is 5.32 Å². The van der Waals surface area contributed by atoms with Crippen molar-refractivity contribution in [1.82, 2.24) is 10.2 Å². The molecule has 0 spiro atoms. The predicted molar refractivity (Wildman–Crippen MR) is 98.9 cm³/mol. The summed E-state index contributed by atoms with van der Waals surface area (Å²) < 4.78 is 5.25. The molecule has 5 nitrogen and oxygen atoms in total. The molecule has 1 aliphatic carbocycles. The van der Waals surface area contributed by atoms with E-state index in [1.165, 1.54) is 10.5 Å². The zero-order valence-electron chi connectivity index (χ0n) is 15.4. The molecule has 0 unspecified atom stereocenters. The van der Waals surface area contributed by atoms with Gasteiger partial charge in [0, 0.05) is 24.0 Å². The molecular weight excluding hydrogens is 340 g/mol. The van der Waals surface area contributed by atoms with Gasteiger partial charge >= 0.3 is 6.09 Å². The molecule has 0 bridgehead atoms. The first-order valence-corrected chi connectivity index (χ1v) is 8.96. The van der Waals surface area contributed by atoms with E-state index in [4.69, 9.17) is 16.3 Å². The van der Waals surface area contributed by atoms with E-state index in [-0.39, 0.29) is 17.9 Å². The van der Waals surface area contributed by atoms with Crippen LogP contribution >= 0.6 is 11.6 Å². The summed E-state index contributed by atoms with van der Waals surface area (Å²) in [4.78, 5) is 25.4. The zero-order valence-corrected chi connectivity index (χ0v) is 16.2. The Morgan fingerprint density at radius 1 is 1.24 bits per heavy atom. The highest BCUT2D eigenvalue weighted by Gasteiger charge is 2.38. The number of ether oxygens (including phenoxy) is 1. The molecule has 1 fully saturated rings. The summed E-state index contributed by atoms with van der Waals surface area (Å²) in [5.74, 6) is -0.186. The Labute approximate surface area is 154 Å². The lowest BCUT2D eigenvalue weighted by Gasteiger charge is -2.42. The van der Waals surface area contributed by atoms with Crippen molar-refractivity contribution in [2.24, 2.45) is 0 Å². The number of hydrogen-bond acceptors (Lipinski definition) is 3. The van der Waals surface area contributed by atoms with Gasteiger partial charge in [-0.05, 0) is 51.3 Å². The fraction of sp³-hybridized carbons (Fsp3) is 0.579. The molecule has 1 aliphatic rings. The van der Waals surface area contributed by atoms with E-state index in [2.05, 4.69) is 5.32 Å². The Morgan fingerprint density at radius 3 is 2.32 bits per heavy atom. The summed E-state index contributed by atoms with van der Waals surface area (Å²) in [7, 11) is 1.56. The maximum atomic E-state index is 12.2. The molecule has 0 heterocycles. The van der Waals surface area contributed by atoms with Crippen molar-refractivity contribution in [2.75, 3.05) is 20.1 Å². The highest BCUT2D eigenvalue weighted by atomic mass is 35.5. The van der Waals surface area contributed by atoms with Crippen molar-refractivity contribution in [1.29, 1.82) is 0 Å². The molecule has 1 aromatic carbocycles. The lowest BCUT2D eigenvalue weighted by Crippen LogP contribution is -2.48. The first-order valence-electron chi connectivity index (χ1n) is 8.58. The summed E-state index contributed by atoms with van der Waals surface area (Å²) in [5.41, 5.74) is 0.598. The standard InChI is InChI=1S/C19H27ClN2O3/c1-18(2,3)25-17(24)22(4)12-16(23)21-13-19(10-5-11-19)14-6-8-15(20)9-7-14/h6-9H,5,10-13H2,1-4H3,(H,21,23). The lowest BCUT2D eigenvalue weighted by atomic mass is 9.64. The van der Waals surface area contributed by atoms with Gasteiger partial charge in [-0.2, -0.15) is 0 Å². The highest BCUT2D eigenvalue weighted by Crippen LogP contribution is 2.43. The quantitative estimate of drug-likeness (QED) is 0.863. The molecule has 0 saturated heterocycles. The number of halogens is 1. The third-order valence-electron chi connectivity index (χ3n) is 4.48. The second-order valence-electron chi connectivity index (χ2n) is 7.75. The van der Waals surface area contributed by atoms with Crippen LogP contribution in [-0.2, 0) is 14.9 Å². The molecule has 2 amide bonds. The Bertz CT molecular complexity index is 619. The third-order valence-corrected chi connectivity index (χ3v) is 4.73. The Kier molecular flexibility index (Phi) is 5.99. The van der Waals surface area contributed by atoms with Crippen molar-refractivity contribution >= 4 is 23.6 Å². The first-order chi connectivity index (χ1) is 11.6. The van der Waals surface area contributed by atoms with Crippen LogP contribution in [0.1, 0.15) is 45.6 Å². The topological polar surface area (TPSA) is 58.6 Å². The highest BCUT2D eigenvalue weighted by molar-refractivity contribution is 6.30. The van der Waals surface area contributed by atoms with Crippen LogP contribution in [0.25, 0.3) is 0 Å². The fourth-order valence-corrected chi connectivity index (χ4v) is 3.04. The van der Waals surface area contributed by atoms with Gasteiger partial charge in [0.1, 0.15) is 12.1 Å². The fourth-order valence-electron chi connectivity index (χ4n) is 2.92. The normalized spacial score (nSPS) is 15.9. The molecule has 1 aromatic rings. The number of nitrogens with zero attached hydrogens (tertiary/aromatic N) is 1. The SMILES string of the molecule is CN(CC(=O)NCC1(c2ccc(Cl)cc2)CCC1)C(=O)OC(C)(C)C. The second-order valence-corrected chi connectivity index (χ2v) is 8.19. The molecule has 138 valence electrons. The van der Waals surface area contributed by atoms with Gasteiger partial charge in [-0.15, -0.1) is 0 Å². The summed E-state index contributed by atoms with van der Waals surface area (Å²) in [6, 6.07) is 7.82. The maximum Gasteiger partial charge on any atom is 0.410 e. The minimum Gasteiger partial charge on any atom is -0.444 e. The summed E-state index contributed by atoms with van der Waals surface area (Å²) in [6.45, 7) is 5.93. The average Bonchev–Trinajstić information content (AvgIpc) is 2.46. The van der Waals surface area contributed by atoms with Crippen molar-refractivity contribution in [2.45, 2.75) is 51.0 Å². The van der Waals surface area contributed by atoms with E-state index in [0.29, 0.717) is 11.6 Å².